The van der Waals surface area contributed by atoms with E-state index < -0.39 is 15.6 Å². The van der Waals surface area contributed by atoms with Gasteiger partial charge >= 0.3 is 0 Å². The summed E-state index contributed by atoms with van der Waals surface area (Å²) in [6.07, 6.45) is 0. The van der Waals surface area contributed by atoms with Crippen LogP contribution < -0.4 is 0 Å². The predicted molar refractivity (Wildman–Crippen MR) is 65.8 cm³/mol. The summed E-state index contributed by atoms with van der Waals surface area (Å²) >= 11 is 0. The molecular formula is C12H15NO4S. The van der Waals surface area contributed by atoms with Crippen LogP contribution in [-0.4, -0.2) is 42.3 Å². The average molecular weight is 269 g/mol. The number of Topliss-reactive ketones (excluding diaryl/α,β-unsaturated/α-hetero) is 1. The maximum Gasteiger partial charge on any atom is 0.243 e. The van der Waals surface area contributed by atoms with E-state index in [9.17, 15) is 18.3 Å². The molecule has 6 heteroatoms. The summed E-state index contributed by atoms with van der Waals surface area (Å²) in [7, 11) is -3.55. The summed E-state index contributed by atoms with van der Waals surface area (Å²) in [6, 6.07) is 5.82. The summed E-state index contributed by atoms with van der Waals surface area (Å²) in [5.41, 5.74) is -0.462. The highest BCUT2D eigenvalue weighted by Gasteiger charge is 2.43. The molecular weight excluding hydrogens is 254 g/mol. The second kappa shape index (κ2) is 4.15. The minimum atomic E-state index is -3.55. The molecule has 5 nitrogen and oxygen atoms in total. The third-order valence-corrected chi connectivity index (χ3v) is 4.74. The number of ketones is 1. The van der Waals surface area contributed by atoms with E-state index in [0.29, 0.717) is 5.56 Å². The summed E-state index contributed by atoms with van der Waals surface area (Å²) in [4.78, 5) is 11.2. The first-order chi connectivity index (χ1) is 8.22. The van der Waals surface area contributed by atoms with Crippen molar-refractivity contribution in [3.8, 4) is 0 Å². The number of nitrogens with zero attached hydrogens (tertiary/aromatic N) is 1. The summed E-state index contributed by atoms with van der Waals surface area (Å²) < 4.78 is 25.4. The van der Waals surface area contributed by atoms with Gasteiger partial charge in [-0.05, 0) is 26.0 Å². The van der Waals surface area contributed by atoms with Gasteiger partial charge in [0.25, 0.3) is 0 Å². The van der Waals surface area contributed by atoms with Crippen molar-refractivity contribution in [1.82, 2.24) is 4.31 Å². The van der Waals surface area contributed by atoms with Gasteiger partial charge in [-0.15, -0.1) is 0 Å². The monoisotopic (exact) mass is 269 g/mol. The molecule has 1 saturated heterocycles. The molecule has 0 spiro atoms. The average Bonchev–Trinajstić information content (AvgIpc) is 2.26. The van der Waals surface area contributed by atoms with E-state index in [-0.39, 0.29) is 23.8 Å². The van der Waals surface area contributed by atoms with E-state index in [2.05, 4.69) is 0 Å². The van der Waals surface area contributed by atoms with Crippen LogP contribution in [0.5, 0.6) is 0 Å². The normalized spacial score (nSPS) is 19.3. The number of rotatable bonds is 3. The molecule has 0 saturated carbocycles. The van der Waals surface area contributed by atoms with Crippen molar-refractivity contribution in [2.45, 2.75) is 24.3 Å². The molecule has 1 aromatic carbocycles. The van der Waals surface area contributed by atoms with Crippen LogP contribution in [-0.2, 0) is 10.0 Å². The van der Waals surface area contributed by atoms with E-state index in [1.165, 1.54) is 35.5 Å². The Bertz CT molecular complexity index is 567. The van der Waals surface area contributed by atoms with Crippen molar-refractivity contribution >= 4 is 15.8 Å². The Labute approximate surface area is 106 Å². The SMILES string of the molecule is CC(=O)c1ccc(S(=O)(=O)N2CC(C)(O)C2)cc1. The van der Waals surface area contributed by atoms with E-state index in [4.69, 9.17) is 0 Å². The number of hydrogen-bond donors (Lipinski definition) is 1. The van der Waals surface area contributed by atoms with Crippen LogP contribution in [0.3, 0.4) is 0 Å². The lowest BCUT2D eigenvalue weighted by molar-refractivity contribution is -0.0426. The fourth-order valence-corrected chi connectivity index (χ4v) is 3.57. The Kier molecular flexibility index (Phi) is 3.04. The quantitative estimate of drug-likeness (QED) is 0.817. The van der Waals surface area contributed by atoms with Gasteiger partial charge in [-0.1, -0.05) is 12.1 Å². The summed E-state index contributed by atoms with van der Waals surface area (Å²) in [6.45, 7) is 3.22. The molecule has 0 aliphatic carbocycles. The molecule has 2 rings (SSSR count). The molecule has 0 radical (unpaired) electrons. The highest BCUT2D eigenvalue weighted by Crippen LogP contribution is 2.27. The van der Waals surface area contributed by atoms with Crippen LogP contribution in [0, 0.1) is 0 Å². The minimum Gasteiger partial charge on any atom is -0.387 e. The molecule has 1 heterocycles. The molecule has 1 aliphatic rings. The lowest BCUT2D eigenvalue weighted by Crippen LogP contribution is -2.61. The first kappa shape index (κ1) is 13.2. The third kappa shape index (κ3) is 2.31. The molecule has 0 aromatic heterocycles. The smallest absolute Gasteiger partial charge is 0.243 e. The Hall–Kier alpha value is -1.24. The maximum absolute atomic E-state index is 12.1. The second-order valence-electron chi connectivity index (χ2n) is 4.85. The van der Waals surface area contributed by atoms with Crippen molar-refractivity contribution in [1.29, 1.82) is 0 Å². The number of β-amino-alcohol motifs (C(OH)–C–C–N with tert-alkyl or cyclic N) is 1. The fraction of sp³-hybridized carbons (Fsp3) is 0.417. The van der Waals surface area contributed by atoms with Gasteiger partial charge in [0.2, 0.25) is 10.0 Å². The van der Waals surface area contributed by atoms with Gasteiger partial charge in [-0.2, -0.15) is 4.31 Å². The van der Waals surface area contributed by atoms with Gasteiger partial charge in [-0.25, -0.2) is 8.42 Å². The molecule has 1 aliphatic heterocycles. The van der Waals surface area contributed by atoms with Crippen LogP contribution in [0.4, 0.5) is 0 Å². The van der Waals surface area contributed by atoms with Crippen LogP contribution in [0.25, 0.3) is 0 Å². The zero-order valence-corrected chi connectivity index (χ0v) is 11.1. The van der Waals surface area contributed by atoms with Gasteiger partial charge in [-0.3, -0.25) is 4.79 Å². The van der Waals surface area contributed by atoms with Gasteiger partial charge in [0.1, 0.15) is 0 Å². The first-order valence-electron chi connectivity index (χ1n) is 5.56. The number of carbonyl (C=O) groups is 1. The molecule has 1 fully saturated rings. The van der Waals surface area contributed by atoms with Crippen LogP contribution in [0.2, 0.25) is 0 Å². The largest absolute Gasteiger partial charge is 0.387 e. The predicted octanol–water partition coefficient (Wildman–Crippen LogP) is 0.645. The first-order valence-corrected chi connectivity index (χ1v) is 7.00. The number of benzene rings is 1. The number of hydrogen-bond acceptors (Lipinski definition) is 4. The maximum atomic E-state index is 12.1. The highest BCUT2D eigenvalue weighted by molar-refractivity contribution is 7.89. The van der Waals surface area contributed by atoms with Crippen molar-refractivity contribution in [2.24, 2.45) is 0 Å². The summed E-state index contributed by atoms with van der Waals surface area (Å²) in [5, 5.41) is 9.56. The highest BCUT2D eigenvalue weighted by atomic mass is 32.2. The van der Waals surface area contributed by atoms with Crippen LogP contribution in [0.15, 0.2) is 29.2 Å². The number of carbonyl (C=O) groups excluding carboxylic acids is 1. The van der Waals surface area contributed by atoms with Gasteiger partial charge in [0.05, 0.1) is 10.5 Å². The molecule has 0 atom stereocenters. The van der Waals surface area contributed by atoms with Crippen LogP contribution >= 0.6 is 0 Å². The molecule has 0 amide bonds. The van der Waals surface area contributed by atoms with Crippen molar-refractivity contribution in [2.75, 3.05) is 13.1 Å². The molecule has 98 valence electrons. The standard InChI is InChI=1S/C12H15NO4S/c1-9(14)10-3-5-11(6-4-10)18(16,17)13-7-12(2,15)8-13/h3-6,15H,7-8H2,1-2H3. The molecule has 1 N–H and O–H groups in total. The second-order valence-corrected chi connectivity index (χ2v) is 6.79. The number of aliphatic hydroxyl groups is 1. The molecule has 1 aromatic rings. The van der Waals surface area contributed by atoms with E-state index in [0.717, 1.165) is 0 Å². The van der Waals surface area contributed by atoms with Gasteiger partial charge in [0, 0.05) is 18.7 Å². The minimum absolute atomic E-state index is 0.101. The molecule has 0 bridgehead atoms. The van der Waals surface area contributed by atoms with Gasteiger partial charge in [0.15, 0.2) is 5.78 Å². The Morgan fingerprint density at radius 2 is 1.78 bits per heavy atom. The fourth-order valence-electron chi connectivity index (χ4n) is 1.89. The number of sulfonamides is 1. The Morgan fingerprint density at radius 3 is 2.17 bits per heavy atom. The Morgan fingerprint density at radius 1 is 1.28 bits per heavy atom. The third-order valence-electron chi connectivity index (χ3n) is 2.93. The zero-order chi connectivity index (χ0) is 13.6. The van der Waals surface area contributed by atoms with Crippen molar-refractivity contribution in [3.05, 3.63) is 29.8 Å². The molecule has 18 heavy (non-hydrogen) atoms. The van der Waals surface area contributed by atoms with E-state index in [1.807, 2.05) is 0 Å². The van der Waals surface area contributed by atoms with E-state index >= 15 is 0 Å². The zero-order valence-electron chi connectivity index (χ0n) is 10.3. The lowest BCUT2D eigenvalue weighted by atomic mass is 10.0. The lowest BCUT2D eigenvalue weighted by Gasteiger charge is -2.42. The van der Waals surface area contributed by atoms with Gasteiger partial charge < -0.3 is 5.11 Å². The topological polar surface area (TPSA) is 74.7 Å². The van der Waals surface area contributed by atoms with Crippen molar-refractivity contribution in [3.63, 3.8) is 0 Å². The van der Waals surface area contributed by atoms with Crippen LogP contribution in [0.1, 0.15) is 24.2 Å². The Balaban J connectivity index is 2.23. The summed E-state index contributed by atoms with van der Waals surface area (Å²) in [5.74, 6) is -0.106. The van der Waals surface area contributed by atoms with Crippen molar-refractivity contribution < 1.29 is 18.3 Å². The van der Waals surface area contributed by atoms with E-state index in [1.54, 1.807) is 6.92 Å². The molecule has 0 unspecified atom stereocenters.